The van der Waals surface area contributed by atoms with Gasteiger partial charge in [0.1, 0.15) is 5.82 Å². The lowest BCUT2D eigenvalue weighted by Crippen LogP contribution is -2.52. The molecule has 3 aromatic rings. The molecule has 2 aliphatic heterocycles. The molecule has 5 rings (SSSR count). The summed E-state index contributed by atoms with van der Waals surface area (Å²) in [4.78, 5) is 32.3. The minimum Gasteiger partial charge on any atom is -0.368 e. The standard InChI is InChI=1S/C26H32N6O2/c1-28-26(34)32(23-10-6-3-7-11-23)25(27-28)21-12-14-29(15-13-21)20-24(33)31-18-16-30(17-19-31)22-8-4-2-5-9-22/h2-11,21H,12-20H2,1H3. The fourth-order valence-corrected chi connectivity index (χ4v) is 5.06. The van der Waals surface area contributed by atoms with E-state index < -0.39 is 0 Å². The van der Waals surface area contributed by atoms with Crippen LogP contribution in [0, 0.1) is 0 Å². The van der Waals surface area contributed by atoms with Crippen molar-refractivity contribution in [1.29, 1.82) is 0 Å². The summed E-state index contributed by atoms with van der Waals surface area (Å²) >= 11 is 0. The highest BCUT2D eigenvalue weighted by molar-refractivity contribution is 5.78. The molecule has 2 aromatic carbocycles. The van der Waals surface area contributed by atoms with E-state index in [0.717, 1.165) is 63.6 Å². The maximum absolute atomic E-state index is 13.0. The molecule has 2 aliphatic rings. The summed E-state index contributed by atoms with van der Waals surface area (Å²) in [7, 11) is 1.70. The zero-order valence-electron chi connectivity index (χ0n) is 19.7. The summed E-state index contributed by atoms with van der Waals surface area (Å²) in [5.41, 5.74) is 1.96. The zero-order valence-corrected chi connectivity index (χ0v) is 19.7. The molecule has 0 aliphatic carbocycles. The highest BCUT2D eigenvalue weighted by Crippen LogP contribution is 2.27. The second kappa shape index (κ2) is 9.85. The number of likely N-dealkylation sites (tertiary alicyclic amines) is 1. The third-order valence-electron chi connectivity index (χ3n) is 7.03. The van der Waals surface area contributed by atoms with Gasteiger partial charge in [-0.3, -0.25) is 9.69 Å². The predicted molar refractivity (Wildman–Crippen MR) is 132 cm³/mol. The molecule has 0 N–H and O–H groups in total. The summed E-state index contributed by atoms with van der Waals surface area (Å²) in [6.07, 6.45) is 1.77. The molecule has 34 heavy (non-hydrogen) atoms. The Kier molecular flexibility index (Phi) is 6.49. The van der Waals surface area contributed by atoms with E-state index in [4.69, 9.17) is 0 Å². The Bertz CT molecular complexity index is 1160. The fourth-order valence-electron chi connectivity index (χ4n) is 5.06. The van der Waals surface area contributed by atoms with Crippen molar-refractivity contribution < 1.29 is 4.79 Å². The van der Waals surface area contributed by atoms with Crippen LogP contribution in [0.15, 0.2) is 65.5 Å². The van der Waals surface area contributed by atoms with Crippen molar-refractivity contribution in [3.05, 3.63) is 77.0 Å². The first kappa shape index (κ1) is 22.4. The van der Waals surface area contributed by atoms with E-state index in [2.05, 4.69) is 39.2 Å². The lowest BCUT2D eigenvalue weighted by Gasteiger charge is -2.38. The largest absolute Gasteiger partial charge is 0.368 e. The van der Waals surface area contributed by atoms with Crippen LogP contribution in [0.5, 0.6) is 0 Å². The Morgan fingerprint density at radius 3 is 2.06 bits per heavy atom. The van der Waals surface area contributed by atoms with Gasteiger partial charge in [-0.05, 0) is 50.2 Å². The molecule has 8 nitrogen and oxygen atoms in total. The third kappa shape index (κ3) is 4.63. The highest BCUT2D eigenvalue weighted by Gasteiger charge is 2.29. The lowest BCUT2D eigenvalue weighted by molar-refractivity contribution is -0.133. The SMILES string of the molecule is Cn1nc(C2CCN(CC(=O)N3CCN(c4ccccc4)CC3)CC2)n(-c2ccccc2)c1=O. The van der Waals surface area contributed by atoms with Crippen LogP contribution < -0.4 is 10.6 Å². The minimum atomic E-state index is -0.117. The maximum atomic E-state index is 13.0. The monoisotopic (exact) mass is 460 g/mol. The quantitative estimate of drug-likeness (QED) is 0.584. The molecular weight excluding hydrogens is 428 g/mol. The molecule has 0 bridgehead atoms. The number of para-hydroxylation sites is 2. The zero-order chi connectivity index (χ0) is 23.5. The number of benzene rings is 2. The molecular formula is C26H32N6O2. The van der Waals surface area contributed by atoms with Gasteiger partial charge in [0.15, 0.2) is 0 Å². The van der Waals surface area contributed by atoms with Gasteiger partial charge in [0.05, 0.1) is 12.2 Å². The number of aryl methyl sites for hydroxylation is 1. The lowest BCUT2D eigenvalue weighted by atomic mass is 9.95. The molecule has 2 saturated heterocycles. The van der Waals surface area contributed by atoms with Gasteiger partial charge in [-0.2, -0.15) is 5.10 Å². The third-order valence-corrected chi connectivity index (χ3v) is 7.03. The van der Waals surface area contributed by atoms with Crippen molar-refractivity contribution in [2.75, 3.05) is 50.7 Å². The van der Waals surface area contributed by atoms with Crippen LogP contribution in [0.25, 0.3) is 5.69 Å². The van der Waals surface area contributed by atoms with Crippen molar-refractivity contribution in [3.63, 3.8) is 0 Å². The molecule has 0 unspecified atom stereocenters. The smallest absolute Gasteiger partial charge is 0.350 e. The number of hydrogen-bond donors (Lipinski definition) is 0. The molecule has 0 saturated carbocycles. The summed E-state index contributed by atoms with van der Waals surface area (Å²) in [6.45, 7) is 5.40. The number of piperidine rings is 1. The molecule has 2 fully saturated rings. The van der Waals surface area contributed by atoms with E-state index in [0.29, 0.717) is 6.54 Å². The first-order valence-corrected chi connectivity index (χ1v) is 12.1. The number of carbonyl (C=O) groups is 1. The molecule has 0 atom stereocenters. The van der Waals surface area contributed by atoms with Crippen LogP contribution in [0.4, 0.5) is 5.69 Å². The van der Waals surface area contributed by atoms with Crippen LogP contribution in [-0.4, -0.2) is 75.9 Å². The van der Waals surface area contributed by atoms with Crippen molar-refractivity contribution in [1.82, 2.24) is 24.1 Å². The molecule has 1 aromatic heterocycles. The van der Waals surface area contributed by atoms with Crippen LogP contribution in [0.3, 0.4) is 0 Å². The summed E-state index contributed by atoms with van der Waals surface area (Å²) in [5.74, 6) is 1.24. The highest BCUT2D eigenvalue weighted by atomic mass is 16.2. The number of nitrogens with zero attached hydrogens (tertiary/aromatic N) is 6. The summed E-state index contributed by atoms with van der Waals surface area (Å²) < 4.78 is 3.16. The van der Waals surface area contributed by atoms with Gasteiger partial charge in [0, 0.05) is 44.8 Å². The van der Waals surface area contributed by atoms with E-state index in [1.165, 1.54) is 10.4 Å². The first-order chi connectivity index (χ1) is 16.6. The Morgan fingerprint density at radius 2 is 1.44 bits per heavy atom. The Morgan fingerprint density at radius 1 is 0.853 bits per heavy atom. The number of carbonyl (C=O) groups excluding carboxylic acids is 1. The predicted octanol–water partition coefficient (Wildman–Crippen LogP) is 2.10. The Balaban J connectivity index is 1.16. The van der Waals surface area contributed by atoms with Crippen LogP contribution in [-0.2, 0) is 11.8 Å². The molecule has 0 spiro atoms. The average Bonchev–Trinajstić information content (AvgIpc) is 3.19. The van der Waals surface area contributed by atoms with Crippen LogP contribution >= 0.6 is 0 Å². The minimum absolute atomic E-state index is 0.117. The second-order valence-electron chi connectivity index (χ2n) is 9.19. The van der Waals surface area contributed by atoms with Gasteiger partial charge in [0.2, 0.25) is 5.91 Å². The van der Waals surface area contributed by atoms with Gasteiger partial charge < -0.3 is 9.80 Å². The molecule has 178 valence electrons. The fraction of sp³-hybridized carbons (Fsp3) is 0.423. The summed E-state index contributed by atoms with van der Waals surface area (Å²) in [5, 5.41) is 4.57. The number of aromatic nitrogens is 3. The van der Waals surface area contributed by atoms with Crippen molar-refractivity contribution in [3.8, 4) is 5.69 Å². The van der Waals surface area contributed by atoms with E-state index in [1.54, 1.807) is 11.6 Å². The second-order valence-corrected chi connectivity index (χ2v) is 9.19. The van der Waals surface area contributed by atoms with Gasteiger partial charge in [-0.1, -0.05) is 36.4 Å². The van der Waals surface area contributed by atoms with Crippen molar-refractivity contribution >= 4 is 11.6 Å². The van der Waals surface area contributed by atoms with E-state index in [1.807, 2.05) is 41.3 Å². The molecule has 8 heteroatoms. The Labute approximate surface area is 200 Å². The Hall–Kier alpha value is -3.39. The summed E-state index contributed by atoms with van der Waals surface area (Å²) in [6, 6.07) is 20.1. The van der Waals surface area contributed by atoms with E-state index in [9.17, 15) is 9.59 Å². The van der Waals surface area contributed by atoms with Gasteiger partial charge in [0.25, 0.3) is 0 Å². The number of rotatable bonds is 5. The number of anilines is 1. The van der Waals surface area contributed by atoms with Gasteiger partial charge in [-0.15, -0.1) is 0 Å². The van der Waals surface area contributed by atoms with Gasteiger partial charge in [-0.25, -0.2) is 14.0 Å². The van der Waals surface area contributed by atoms with Crippen molar-refractivity contribution in [2.24, 2.45) is 7.05 Å². The maximum Gasteiger partial charge on any atom is 0.350 e. The van der Waals surface area contributed by atoms with E-state index >= 15 is 0 Å². The number of piperazine rings is 1. The topological polar surface area (TPSA) is 66.6 Å². The average molecular weight is 461 g/mol. The van der Waals surface area contributed by atoms with Gasteiger partial charge >= 0.3 is 5.69 Å². The normalized spacial score (nSPS) is 17.8. The number of amides is 1. The van der Waals surface area contributed by atoms with Crippen molar-refractivity contribution in [2.45, 2.75) is 18.8 Å². The first-order valence-electron chi connectivity index (χ1n) is 12.1. The van der Waals surface area contributed by atoms with Crippen LogP contribution in [0.2, 0.25) is 0 Å². The number of hydrogen-bond acceptors (Lipinski definition) is 5. The molecule has 1 amide bonds. The molecule has 3 heterocycles. The molecule has 0 radical (unpaired) electrons. The van der Waals surface area contributed by atoms with E-state index in [-0.39, 0.29) is 17.5 Å². The van der Waals surface area contributed by atoms with Crippen LogP contribution in [0.1, 0.15) is 24.6 Å².